The Bertz CT molecular complexity index is 464. The van der Waals surface area contributed by atoms with Crippen molar-refractivity contribution < 1.29 is 13.2 Å². The second-order valence-corrected chi connectivity index (χ2v) is 6.69. The van der Waals surface area contributed by atoms with E-state index in [1.807, 2.05) is 13.1 Å². The van der Waals surface area contributed by atoms with Crippen molar-refractivity contribution in [1.82, 2.24) is 10.3 Å². The number of hydrogen-bond acceptors (Lipinski definition) is 2. The fraction of sp³-hybridized carbons (Fsp3) is 0.667. The van der Waals surface area contributed by atoms with E-state index in [1.54, 1.807) is 12.4 Å². The zero-order valence-corrected chi connectivity index (χ0v) is 13.5. The lowest BCUT2D eigenvalue weighted by Crippen LogP contribution is -2.40. The highest BCUT2D eigenvalue weighted by molar-refractivity contribution is 9.10. The molecule has 1 saturated carbocycles. The van der Waals surface area contributed by atoms with Crippen LogP contribution in [0.25, 0.3) is 0 Å². The summed E-state index contributed by atoms with van der Waals surface area (Å²) in [6.45, 7) is 0. The molecular formula is C15H20BrF3N2. The molecule has 1 aromatic heterocycles. The first-order valence-corrected chi connectivity index (χ1v) is 8.03. The number of rotatable bonds is 4. The third-order valence-electron chi connectivity index (χ3n) is 4.33. The number of hydrogen-bond donors (Lipinski definition) is 1. The van der Waals surface area contributed by atoms with Crippen LogP contribution >= 0.6 is 15.9 Å². The van der Waals surface area contributed by atoms with Crippen LogP contribution in [0.5, 0.6) is 0 Å². The van der Waals surface area contributed by atoms with Gasteiger partial charge < -0.3 is 5.32 Å². The number of alkyl halides is 3. The predicted molar refractivity (Wildman–Crippen MR) is 80.0 cm³/mol. The van der Waals surface area contributed by atoms with Crippen molar-refractivity contribution >= 4 is 15.9 Å². The lowest BCUT2D eigenvalue weighted by atomic mass is 9.76. The predicted octanol–water partition coefficient (Wildman–Crippen LogP) is 4.34. The Morgan fingerprint density at radius 2 is 2.14 bits per heavy atom. The molecule has 3 atom stereocenters. The first-order valence-electron chi connectivity index (χ1n) is 7.23. The molecule has 0 bridgehead atoms. The maximum absolute atomic E-state index is 12.9. The van der Waals surface area contributed by atoms with Gasteiger partial charge in [-0.25, -0.2) is 0 Å². The summed E-state index contributed by atoms with van der Waals surface area (Å²) in [6.07, 6.45) is 2.15. The number of nitrogens with zero attached hydrogens (tertiary/aromatic N) is 1. The Kier molecular flexibility index (Phi) is 5.66. The summed E-state index contributed by atoms with van der Waals surface area (Å²) < 4.78 is 39.7. The highest BCUT2D eigenvalue weighted by Gasteiger charge is 2.43. The molecule has 1 aromatic rings. The van der Waals surface area contributed by atoms with E-state index in [4.69, 9.17) is 0 Å². The lowest BCUT2D eigenvalue weighted by Gasteiger charge is -2.35. The van der Waals surface area contributed by atoms with Gasteiger partial charge in [-0.05, 0) is 66.2 Å². The van der Waals surface area contributed by atoms with Gasteiger partial charge in [-0.1, -0.05) is 6.42 Å². The van der Waals surface area contributed by atoms with Crippen molar-refractivity contribution in [2.24, 2.45) is 11.8 Å². The van der Waals surface area contributed by atoms with E-state index >= 15 is 0 Å². The van der Waals surface area contributed by atoms with Crippen LogP contribution < -0.4 is 5.32 Å². The standard InChI is InChI=1S/C15H20BrF3N2/c1-20-14(6-10-5-13(16)9-21-8-10)11-3-2-4-12(7-11)15(17,18)19/h5,8-9,11-12,14,20H,2-4,6-7H2,1H3. The Labute approximate surface area is 131 Å². The summed E-state index contributed by atoms with van der Waals surface area (Å²) in [4.78, 5) is 4.12. The summed E-state index contributed by atoms with van der Waals surface area (Å²) in [6, 6.07) is 2.03. The van der Waals surface area contributed by atoms with E-state index in [0.29, 0.717) is 12.8 Å². The van der Waals surface area contributed by atoms with Gasteiger partial charge in [0.15, 0.2) is 0 Å². The van der Waals surface area contributed by atoms with Crippen LogP contribution in [0.1, 0.15) is 31.2 Å². The summed E-state index contributed by atoms with van der Waals surface area (Å²) in [5.41, 5.74) is 1.04. The summed E-state index contributed by atoms with van der Waals surface area (Å²) in [7, 11) is 1.83. The average Bonchev–Trinajstić information content (AvgIpc) is 2.44. The highest BCUT2D eigenvalue weighted by atomic mass is 79.9. The van der Waals surface area contributed by atoms with Gasteiger partial charge in [0.25, 0.3) is 0 Å². The molecule has 6 heteroatoms. The van der Waals surface area contributed by atoms with Crippen LogP contribution in [0.4, 0.5) is 13.2 Å². The molecule has 1 fully saturated rings. The number of nitrogens with one attached hydrogen (secondary N) is 1. The quantitative estimate of drug-likeness (QED) is 0.859. The molecule has 1 N–H and O–H groups in total. The van der Waals surface area contributed by atoms with Gasteiger partial charge in [-0.3, -0.25) is 4.98 Å². The Hall–Kier alpha value is -0.620. The minimum Gasteiger partial charge on any atom is -0.316 e. The van der Waals surface area contributed by atoms with E-state index < -0.39 is 12.1 Å². The molecule has 0 aliphatic heterocycles. The number of likely N-dealkylation sites (N-methyl/N-ethyl adjacent to an activating group) is 1. The topological polar surface area (TPSA) is 24.9 Å². The molecule has 1 heterocycles. The Balaban J connectivity index is 2.03. The third kappa shape index (κ3) is 4.68. The van der Waals surface area contributed by atoms with Gasteiger partial charge in [-0.15, -0.1) is 0 Å². The summed E-state index contributed by atoms with van der Waals surface area (Å²) in [5.74, 6) is -1.08. The molecule has 0 spiro atoms. The smallest absolute Gasteiger partial charge is 0.316 e. The molecule has 0 radical (unpaired) electrons. The van der Waals surface area contributed by atoms with Crippen molar-refractivity contribution in [2.75, 3.05) is 7.05 Å². The molecule has 1 aliphatic rings. The second kappa shape index (κ2) is 7.09. The molecular weight excluding hydrogens is 345 g/mol. The molecule has 1 aliphatic carbocycles. The van der Waals surface area contributed by atoms with Gasteiger partial charge in [-0.2, -0.15) is 13.2 Å². The van der Waals surface area contributed by atoms with E-state index in [0.717, 1.165) is 16.5 Å². The molecule has 0 saturated heterocycles. The number of aromatic nitrogens is 1. The van der Waals surface area contributed by atoms with E-state index in [1.165, 1.54) is 0 Å². The van der Waals surface area contributed by atoms with Crippen molar-refractivity contribution in [1.29, 1.82) is 0 Å². The largest absolute Gasteiger partial charge is 0.391 e. The van der Waals surface area contributed by atoms with E-state index in [2.05, 4.69) is 26.2 Å². The fourth-order valence-electron chi connectivity index (χ4n) is 3.22. The number of pyridine rings is 1. The minimum atomic E-state index is -4.06. The van der Waals surface area contributed by atoms with Gasteiger partial charge in [0.1, 0.15) is 0 Å². The normalized spacial score (nSPS) is 24.8. The number of halogens is 4. The van der Waals surface area contributed by atoms with Crippen LogP contribution in [-0.2, 0) is 6.42 Å². The maximum atomic E-state index is 12.9. The molecule has 118 valence electrons. The summed E-state index contributed by atoms with van der Waals surface area (Å²) >= 11 is 3.37. The monoisotopic (exact) mass is 364 g/mol. The van der Waals surface area contributed by atoms with Gasteiger partial charge in [0, 0.05) is 22.9 Å². The zero-order chi connectivity index (χ0) is 15.5. The second-order valence-electron chi connectivity index (χ2n) is 5.78. The molecule has 3 unspecified atom stereocenters. The van der Waals surface area contributed by atoms with Crippen molar-refractivity contribution in [2.45, 2.75) is 44.3 Å². The van der Waals surface area contributed by atoms with E-state index in [9.17, 15) is 13.2 Å². The SMILES string of the molecule is CNC(Cc1cncc(Br)c1)C1CCCC(C(F)(F)F)C1. The van der Waals surface area contributed by atoms with Crippen LogP contribution in [0.2, 0.25) is 0 Å². The molecule has 0 aromatic carbocycles. The van der Waals surface area contributed by atoms with Crippen LogP contribution in [0.15, 0.2) is 22.9 Å². The van der Waals surface area contributed by atoms with Crippen LogP contribution in [-0.4, -0.2) is 24.2 Å². The highest BCUT2D eigenvalue weighted by Crippen LogP contribution is 2.41. The van der Waals surface area contributed by atoms with Crippen LogP contribution in [0, 0.1) is 11.8 Å². The zero-order valence-electron chi connectivity index (χ0n) is 12.0. The summed E-state index contributed by atoms with van der Waals surface area (Å²) in [5, 5.41) is 3.20. The third-order valence-corrected chi connectivity index (χ3v) is 4.77. The molecule has 2 rings (SSSR count). The average molecular weight is 365 g/mol. The maximum Gasteiger partial charge on any atom is 0.391 e. The first-order chi connectivity index (χ1) is 9.90. The Morgan fingerprint density at radius 3 is 2.76 bits per heavy atom. The molecule has 2 nitrogen and oxygen atoms in total. The Morgan fingerprint density at radius 1 is 1.38 bits per heavy atom. The van der Waals surface area contributed by atoms with E-state index in [-0.39, 0.29) is 24.8 Å². The van der Waals surface area contributed by atoms with Gasteiger partial charge in [0.2, 0.25) is 0 Å². The molecule has 21 heavy (non-hydrogen) atoms. The van der Waals surface area contributed by atoms with Gasteiger partial charge >= 0.3 is 6.18 Å². The van der Waals surface area contributed by atoms with Gasteiger partial charge in [0.05, 0.1) is 5.92 Å². The fourth-order valence-corrected chi connectivity index (χ4v) is 3.63. The van der Waals surface area contributed by atoms with Crippen molar-refractivity contribution in [3.8, 4) is 0 Å². The first kappa shape index (κ1) is 16.7. The lowest BCUT2D eigenvalue weighted by molar-refractivity contribution is -0.186. The van der Waals surface area contributed by atoms with Crippen LogP contribution in [0.3, 0.4) is 0 Å². The minimum absolute atomic E-state index is 0.0613. The van der Waals surface area contributed by atoms with Crippen molar-refractivity contribution in [3.05, 3.63) is 28.5 Å². The van der Waals surface area contributed by atoms with Crippen molar-refractivity contribution in [3.63, 3.8) is 0 Å². The molecule has 0 amide bonds.